The van der Waals surface area contributed by atoms with Gasteiger partial charge in [-0.3, -0.25) is 14.5 Å². The summed E-state index contributed by atoms with van der Waals surface area (Å²) in [5.41, 5.74) is 7.34. The van der Waals surface area contributed by atoms with Crippen LogP contribution in [-0.2, 0) is 6.54 Å². The molecule has 19 heavy (non-hydrogen) atoms. The summed E-state index contributed by atoms with van der Waals surface area (Å²) in [7, 11) is 0. The Balaban J connectivity index is 1.94. The number of carbonyl (C=O) groups is 2. The first-order chi connectivity index (χ1) is 9.06. The quantitative estimate of drug-likeness (QED) is 0.648. The van der Waals surface area contributed by atoms with Gasteiger partial charge in [0, 0.05) is 11.8 Å². The van der Waals surface area contributed by atoms with Crippen LogP contribution in [0.2, 0.25) is 0 Å². The molecule has 0 atom stereocenters. The number of hydrogen-bond donors (Lipinski definition) is 1. The number of benzene rings is 1. The second-order valence-electron chi connectivity index (χ2n) is 4.43. The molecule has 1 aliphatic heterocycles. The van der Waals surface area contributed by atoms with Crippen LogP contribution in [0.15, 0.2) is 28.8 Å². The molecule has 6 heteroatoms. The highest BCUT2D eigenvalue weighted by atomic mass is 16.5. The van der Waals surface area contributed by atoms with E-state index in [0.29, 0.717) is 28.3 Å². The van der Waals surface area contributed by atoms with Crippen molar-refractivity contribution in [1.82, 2.24) is 10.1 Å². The number of aromatic nitrogens is 1. The van der Waals surface area contributed by atoms with Crippen LogP contribution in [0.25, 0.3) is 0 Å². The maximum Gasteiger partial charge on any atom is 0.261 e. The molecule has 2 heterocycles. The second kappa shape index (κ2) is 3.94. The van der Waals surface area contributed by atoms with Gasteiger partial charge in [0.05, 0.1) is 17.7 Å². The minimum absolute atomic E-state index is 0.101. The number of imide groups is 1. The highest BCUT2D eigenvalue weighted by molar-refractivity contribution is 6.21. The summed E-state index contributed by atoms with van der Waals surface area (Å²) in [6.07, 6.45) is 0. The van der Waals surface area contributed by atoms with Crippen LogP contribution in [0.3, 0.4) is 0 Å². The highest BCUT2D eigenvalue weighted by Gasteiger charge is 2.35. The maximum absolute atomic E-state index is 12.2. The smallest absolute Gasteiger partial charge is 0.261 e. The Bertz CT molecular complexity index is 690. The number of nitrogen functional groups attached to an aromatic ring is 1. The Morgan fingerprint density at radius 3 is 2.63 bits per heavy atom. The predicted octanol–water partition coefficient (Wildman–Crippen LogP) is 1.36. The lowest BCUT2D eigenvalue weighted by atomic mass is 10.1. The molecule has 0 spiro atoms. The number of nitrogens with zero attached hydrogens (tertiary/aromatic N) is 2. The zero-order chi connectivity index (χ0) is 13.6. The summed E-state index contributed by atoms with van der Waals surface area (Å²) >= 11 is 0. The van der Waals surface area contributed by atoms with E-state index in [4.69, 9.17) is 10.3 Å². The van der Waals surface area contributed by atoms with Gasteiger partial charge in [0.2, 0.25) is 0 Å². The van der Waals surface area contributed by atoms with E-state index >= 15 is 0 Å². The van der Waals surface area contributed by atoms with Crippen molar-refractivity contribution in [3.05, 3.63) is 46.8 Å². The van der Waals surface area contributed by atoms with E-state index in [1.807, 2.05) is 0 Å². The van der Waals surface area contributed by atoms with E-state index < -0.39 is 0 Å². The van der Waals surface area contributed by atoms with Gasteiger partial charge in [-0.15, -0.1) is 0 Å². The Morgan fingerprint density at radius 1 is 1.21 bits per heavy atom. The van der Waals surface area contributed by atoms with Crippen molar-refractivity contribution >= 4 is 17.5 Å². The fourth-order valence-electron chi connectivity index (χ4n) is 2.11. The van der Waals surface area contributed by atoms with E-state index in [9.17, 15) is 9.59 Å². The van der Waals surface area contributed by atoms with Crippen LogP contribution in [0, 0.1) is 6.92 Å². The molecule has 0 bridgehead atoms. The predicted molar refractivity (Wildman–Crippen MR) is 66.3 cm³/mol. The van der Waals surface area contributed by atoms with Gasteiger partial charge >= 0.3 is 0 Å². The lowest BCUT2D eigenvalue weighted by molar-refractivity contribution is 0.0639. The molecule has 0 saturated heterocycles. The van der Waals surface area contributed by atoms with E-state index in [2.05, 4.69) is 5.16 Å². The zero-order valence-electron chi connectivity index (χ0n) is 10.2. The summed E-state index contributed by atoms with van der Waals surface area (Å²) in [6.45, 7) is 1.85. The molecule has 96 valence electrons. The summed E-state index contributed by atoms with van der Waals surface area (Å²) in [6, 6.07) is 6.38. The van der Waals surface area contributed by atoms with Crippen molar-refractivity contribution in [3.63, 3.8) is 0 Å². The summed E-state index contributed by atoms with van der Waals surface area (Å²) in [5.74, 6) is -0.0514. The number of rotatable bonds is 2. The number of hydrogen-bond acceptors (Lipinski definition) is 5. The van der Waals surface area contributed by atoms with Crippen LogP contribution in [0.5, 0.6) is 0 Å². The van der Waals surface area contributed by atoms with Gasteiger partial charge in [0.1, 0.15) is 11.5 Å². The average Bonchev–Trinajstić information content (AvgIpc) is 2.88. The van der Waals surface area contributed by atoms with Gasteiger partial charge in [-0.2, -0.15) is 0 Å². The van der Waals surface area contributed by atoms with Crippen molar-refractivity contribution in [2.75, 3.05) is 5.73 Å². The van der Waals surface area contributed by atoms with E-state index in [0.717, 1.165) is 4.90 Å². The van der Waals surface area contributed by atoms with Crippen molar-refractivity contribution in [2.45, 2.75) is 13.5 Å². The van der Waals surface area contributed by atoms with Crippen LogP contribution in [0.1, 0.15) is 32.2 Å². The molecule has 1 aromatic heterocycles. The van der Waals surface area contributed by atoms with Crippen LogP contribution in [-0.4, -0.2) is 21.9 Å². The molecule has 2 N–H and O–H groups in total. The van der Waals surface area contributed by atoms with Gasteiger partial charge in [0.15, 0.2) is 0 Å². The van der Waals surface area contributed by atoms with Crippen LogP contribution < -0.4 is 5.73 Å². The Kier molecular flexibility index (Phi) is 2.38. The third kappa shape index (κ3) is 1.77. The number of amides is 2. The number of anilines is 1. The fraction of sp³-hybridized carbons (Fsp3) is 0.154. The maximum atomic E-state index is 12.2. The lowest BCUT2D eigenvalue weighted by Gasteiger charge is -2.10. The molecule has 0 fully saturated rings. The summed E-state index contributed by atoms with van der Waals surface area (Å²) in [5, 5.41) is 3.78. The Labute approximate surface area is 108 Å². The second-order valence-corrected chi connectivity index (χ2v) is 4.43. The molecule has 0 saturated carbocycles. The van der Waals surface area contributed by atoms with E-state index in [1.165, 1.54) is 6.07 Å². The fourth-order valence-corrected chi connectivity index (χ4v) is 2.11. The number of carbonyl (C=O) groups excluding carboxylic acids is 2. The molecule has 1 aromatic carbocycles. The molecular weight excluding hydrogens is 246 g/mol. The topological polar surface area (TPSA) is 89.4 Å². The zero-order valence-corrected chi connectivity index (χ0v) is 10.2. The van der Waals surface area contributed by atoms with Crippen molar-refractivity contribution in [3.8, 4) is 0 Å². The van der Waals surface area contributed by atoms with Gasteiger partial charge < -0.3 is 10.3 Å². The minimum atomic E-state index is -0.354. The molecular formula is C13H11N3O3. The SMILES string of the molecule is Cc1cc(CN2C(=O)c3ccc(N)cc3C2=O)no1. The molecule has 1 aliphatic rings. The summed E-state index contributed by atoms with van der Waals surface area (Å²) in [4.78, 5) is 25.4. The molecule has 6 nitrogen and oxygen atoms in total. The van der Waals surface area contributed by atoms with E-state index in [1.54, 1.807) is 25.1 Å². The standard InChI is InChI=1S/C13H11N3O3/c1-7-4-9(15-19-7)6-16-12(17)10-3-2-8(14)5-11(10)13(16)18/h2-5H,6,14H2,1H3. The lowest BCUT2D eigenvalue weighted by Crippen LogP contribution is -2.29. The number of nitrogens with two attached hydrogens (primary N) is 1. The van der Waals surface area contributed by atoms with E-state index in [-0.39, 0.29) is 18.4 Å². The van der Waals surface area contributed by atoms with Crippen LogP contribution >= 0.6 is 0 Å². The van der Waals surface area contributed by atoms with Gasteiger partial charge in [-0.05, 0) is 25.1 Å². The summed E-state index contributed by atoms with van der Waals surface area (Å²) < 4.78 is 4.92. The largest absolute Gasteiger partial charge is 0.399 e. The monoisotopic (exact) mass is 257 g/mol. The highest BCUT2D eigenvalue weighted by Crippen LogP contribution is 2.26. The molecule has 2 amide bonds. The van der Waals surface area contributed by atoms with Gasteiger partial charge in [-0.1, -0.05) is 5.16 Å². The third-order valence-electron chi connectivity index (χ3n) is 2.99. The van der Waals surface area contributed by atoms with Crippen LogP contribution in [0.4, 0.5) is 5.69 Å². The first-order valence-electron chi connectivity index (χ1n) is 5.74. The Morgan fingerprint density at radius 2 is 1.95 bits per heavy atom. The first-order valence-corrected chi connectivity index (χ1v) is 5.74. The van der Waals surface area contributed by atoms with Gasteiger partial charge in [0.25, 0.3) is 11.8 Å². The molecule has 3 rings (SSSR count). The normalized spacial score (nSPS) is 14.1. The first kappa shape index (κ1) is 11.5. The van der Waals surface area contributed by atoms with Crippen molar-refractivity contribution < 1.29 is 14.1 Å². The number of aryl methyl sites for hydroxylation is 1. The third-order valence-corrected chi connectivity index (χ3v) is 2.99. The molecule has 0 radical (unpaired) electrons. The van der Waals surface area contributed by atoms with Gasteiger partial charge in [-0.25, -0.2) is 0 Å². The number of fused-ring (bicyclic) bond motifs is 1. The van der Waals surface area contributed by atoms with Crippen molar-refractivity contribution in [2.24, 2.45) is 0 Å². The Hall–Kier alpha value is -2.63. The molecule has 0 unspecified atom stereocenters. The van der Waals surface area contributed by atoms with Crippen molar-refractivity contribution in [1.29, 1.82) is 0 Å². The molecule has 0 aliphatic carbocycles. The molecule has 2 aromatic rings. The average molecular weight is 257 g/mol. The minimum Gasteiger partial charge on any atom is -0.399 e.